The number of carboxylic acids is 1. The molecule has 1 amide bonds. The summed E-state index contributed by atoms with van der Waals surface area (Å²) in [6.45, 7) is 1.78. The molecular weight excluding hydrogens is 448 g/mol. The van der Waals surface area contributed by atoms with Gasteiger partial charge in [-0.25, -0.2) is 4.79 Å². The van der Waals surface area contributed by atoms with E-state index in [-0.39, 0.29) is 23.2 Å². The summed E-state index contributed by atoms with van der Waals surface area (Å²) in [5.41, 5.74) is 0.651. The SMILES string of the molecule is CC(OC(=O)Nc1csnc1C#Cc1nc2nc(C3(C(=O)O)CC3)oc2o1)c1ccccc1. The van der Waals surface area contributed by atoms with E-state index < -0.39 is 23.6 Å². The van der Waals surface area contributed by atoms with Gasteiger partial charge in [-0.15, -0.1) is 0 Å². The second-order valence-electron chi connectivity index (χ2n) is 7.45. The lowest BCUT2D eigenvalue weighted by molar-refractivity contribution is -0.140. The first-order valence-electron chi connectivity index (χ1n) is 9.95. The fourth-order valence-corrected chi connectivity index (χ4v) is 3.74. The lowest BCUT2D eigenvalue weighted by atomic mass is 10.1. The number of amides is 1. The van der Waals surface area contributed by atoms with Crippen molar-refractivity contribution in [3.05, 3.63) is 58.8 Å². The third kappa shape index (κ3) is 4.04. The number of oxazole rings is 2. The van der Waals surface area contributed by atoms with Gasteiger partial charge in [0.15, 0.2) is 5.69 Å². The Morgan fingerprint density at radius 3 is 2.70 bits per heavy atom. The van der Waals surface area contributed by atoms with E-state index >= 15 is 0 Å². The van der Waals surface area contributed by atoms with Crippen LogP contribution in [0.1, 0.15) is 48.9 Å². The monoisotopic (exact) mass is 464 g/mol. The summed E-state index contributed by atoms with van der Waals surface area (Å²) in [7, 11) is 0. The average Bonchev–Trinajstić information content (AvgIpc) is 3.12. The highest BCUT2D eigenvalue weighted by Gasteiger charge is 2.56. The molecule has 1 aliphatic rings. The Balaban J connectivity index is 1.27. The number of carbonyl (C=O) groups excluding carboxylic acids is 1. The third-order valence-corrected chi connectivity index (χ3v) is 5.82. The van der Waals surface area contributed by atoms with Crippen LogP contribution in [0.5, 0.6) is 0 Å². The smallest absolute Gasteiger partial charge is 0.412 e. The highest BCUT2D eigenvalue weighted by atomic mass is 32.1. The Labute approximate surface area is 190 Å². The summed E-state index contributed by atoms with van der Waals surface area (Å²) >= 11 is 1.12. The molecular formula is C22H16N4O6S. The number of carboxylic acid groups (broad SMARTS) is 1. The minimum Gasteiger partial charge on any atom is -0.480 e. The number of aromatic nitrogens is 3. The first-order valence-corrected chi connectivity index (χ1v) is 10.8. The fourth-order valence-electron chi connectivity index (χ4n) is 3.16. The molecule has 0 spiro atoms. The van der Waals surface area contributed by atoms with E-state index in [1.54, 1.807) is 12.3 Å². The Kier molecular flexibility index (Phi) is 5.07. The highest BCUT2D eigenvalue weighted by Crippen LogP contribution is 2.48. The van der Waals surface area contributed by atoms with Gasteiger partial charge in [-0.3, -0.25) is 10.1 Å². The van der Waals surface area contributed by atoms with E-state index in [0.29, 0.717) is 24.2 Å². The third-order valence-electron chi connectivity index (χ3n) is 5.19. The maximum Gasteiger partial charge on any atom is 0.412 e. The molecule has 3 aromatic heterocycles. The Morgan fingerprint density at radius 1 is 1.21 bits per heavy atom. The van der Waals surface area contributed by atoms with Crippen LogP contribution in [0, 0.1) is 11.8 Å². The van der Waals surface area contributed by atoms with Gasteiger partial charge in [0.1, 0.15) is 11.5 Å². The van der Waals surface area contributed by atoms with Gasteiger partial charge in [-0.2, -0.15) is 14.3 Å². The highest BCUT2D eigenvalue weighted by molar-refractivity contribution is 7.04. The van der Waals surface area contributed by atoms with Crippen molar-refractivity contribution in [2.45, 2.75) is 31.3 Å². The van der Waals surface area contributed by atoms with Crippen LogP contribution in [0.3, 0.4) is 0 Å². The number of nitrogens with zero attached hydrogens (tertiary/aromatic N) is 3. The molecule has 1 atom stereocenters. The van der Waals surface area contributed by atoms with Gasteiger partial charge in [0.2, 0.25) is 11.5 Å². The fraction of sp³-hybridized carbons (Fsp3) is 0.227. The molecule has 11 heteroatoms. The van der Waals surface area contributed by atoms with Gasteiger partial charge in [0, 0.05) is 11.3 Å². The molecule has 1 aliphatic carbocycles. The molecule has 1 saturated carbocycles. The number of rotatable bonds is 5. The minimum atomic E-state index is -1.08. The first kappa shape index (κ1) is 20.7. The lowest BCUT2D eigenvalue weighted by Gasteiger charge is -2.13. The normalized spacial score (nSPS) is 14.8. The van der Waals surface area contributed by atoms with Gasteiger partial charge in [0.25, 0.3) is 5.89 Å². The quantitative estimate of drug-likeness (QED) is 0.418. The van der Waals surface area contributed by atoms with Gasteiger partial charge < -0.3 is 18.7 Å². The minimum absolute atomic E-state index is 0.0110. The molecule has 0 saturated heterocycles. The second kappa shape index (κ2) is 8.07. The summed E-state index contributed by atoms with van der Waals surface area (Å²) in [6, 6.07) is 9.37. The van der Waals surface area contributed by atoms with Crippen LogP contribution in [-0.4, -0.2) is 31.5 Å². The topological polar surface area (TPSA) is 141 Å². The van der Waals surface area contributed by atoms with Gasteiger partial charge in [-0.1, -0.05) is 30.3 Å². The predicted molar refractivity (Wildman–Crippen MR) is 116 cm³/mol. The maximum atomic E-state index is 12.3. The molecule has 0 radical (unpaired) electrons. The molecule has 1 unspecified atom stereocenters. The summed E-state index contributed by atoms with van der Waals surface area (Å²) < 4.78 is 20.4. The number of benzene rings is 1. The van der Waals surface area contributed by atoms with Crippen LogP contribution in [0.15, 0.2) is 44.5 Å². The van der Waals surface area contributed by atoms with Crippen LogP contribution in [-0.2, 0) is 14.9 Å². The Morgan fingerprint density at radius 2 is 2.00 bits per heavy atom. The van der Waals surface area contributed by atoms with E-state index in [1.165, 1.54) is 0 Å². The predicted octanol–water partition coefficient (Wildman–Crippen LogP) is 4.10. The largest absolute Gasteiger partial charge is 0.480 e. The number of nitrogens with one attached hydrogen (secondary N) is 1. The Bertz CT molecular complexity index is 1380. The number of anilines is 1. The van der Waals surface area contributed by atoms with Crippen molar-refractivity contribution in [2.24, 2.45) is 0 Å². The molecule has 4 aromatic rings. The van der Waals surface area contributed by atoms with Crippen molar-refractivity contribution in [2.75, 3.05) is 5.32 Å². The number of aliphatic carboxylic acids is 1. The van der Waals surface area contributed by atoms with Gasteiger partial charge >= 0.3 is 17.8 Å². The van der Waals surface area contributed by atoms with E-state index in [4.69, 9.17) is 13.6 Å². The van der Waals surface area contributed by atoms with E-state index in [9.17, 15) is 14.7 Å². The molecule has 10 nitrogen and oxygen atoms in total. The Hall–Kier alpha value is -4.17. The summed E-state index contributed by atoms with van der Waals surface area (Å²) in [6.07, 6.45) is -0.134. The van der Waals surface area contributed by atoms with Crippen LogP contribution in [0.25, 0.3) is 11.4 Å². The van der Waals surface area contributed by atoms with E-state index in [0.717, 1.165) is 17.1 Å². The number of carbonyl (C=O) groups is 2. The van der Waals surface area contributed by atoms with Crippen molar-refractivity contribution >= 4 is 40.7 Å². The number of fused-ring (bicyclic) bond motifs is 1. The van der Waals surface area contributed by atoms with E-state index in [1.807, 2.05) is 30.3 Å². The second-order valence-corrected chi connectivity index (χ2v) is 8.08. The molecule has 166 valence electrons. The molecule has 0 aliphatic heterocycles. The van der Waals surface area contributed by atoms with Crippen LogP contribution in [0.2, 0.25) is 0 Å². The molecule has 1 fully saturated rings. The standard InChI is InChI=1S/C22H16N4O6S/c1-12(13-5-3-2-4-6-13)30-21(29)23-15-11-33-26-14(15)7-8-16-24-17-18(31-16)32-19(25-17)22(9-10-22)20(27)28/h2-6,11-12H,9-10H2,1H3,(H,23,29)(H,27,28). The summed E-state index contributed by atoms with van der Waals surface area (Å²) in [5.74, 6) is 4.64. The maximum absolute atomic E-state index is 12.3. The molecule has 33 heavy (non-hydrogen) atoms. The van der Waals surface area contributed by atoms with Gasteiger partial charge in [-0.05, 0) is 42.8 Å². The zero-order chi connectivity index (χ0) is 23.0. The number of hydrogen-bond acceptors (Lipinski definition) is 9. The van der Waals surface area contributed by atoms with E-state index in [2.05, 4.69) is 31.5 Å². The van der Waals surface area contributed by atoms with Crippen molar-refractivity contribution in [3.63, 3.8) is 0 Å². The lowest BCUT2D eigenvalue weighted by Crippen LogP contribution is -2.19. The summed E-state index contributed by atoms with van der Waals surface area (Å²) in [4.78, 5) is 31.9. The average molecular weight is 464 g/mol. The molecule has 1 aromatic carbocycles. The van der Waals surface area contributed by atoms with Crippen molar-refractivity contribution in [3.8, 4) is 11.8 Å². The number of ether oxygens (including phenoxy) is 1. The van der Waals surface area contributed by atoms with Crippen LogP contribution < -0.4 is 5.32 Å². The number of hydrogen-bond donors (Lipinski definition) is 2. The molecule has 0 bridgehead atoms. The molecule has 5 rings (SSSR count). The van der Waals surface area contributed by atoms with Crippen LogP contribution >= 0.6 is 11.5 Å². The summed E-state index contributed by atoms with van der Waals surface area (Å²) in [5, 5.41) is 13.6. The van der Waals surface area contributed by atoms with Crippen molar-refractivity contribution in [1.29, 1.82) is 0 Å². The molecule has 3 heterocycles. The van der Waals surface area contributed by atoms with Crippen molar-refractivity contribution < 1.29 is 28.3 Å². The van der Waals surface area contributed by atoms with Crippen LogP contribution in [0.4, 0.5) is 10.5 Å². The first-order chi connectivity index (χ1) is 15.9. The zero-order valence-electron chi connectivity index (χ0n) is 17.2. The van der Waals surface area contributed by atoms with Crippen molar-refractivity contribution in [1.82, 2.24) is 14.3 Å². The van der Waals surface area contributed by atoms with Gasteiger partial charge in [0.05, 0.1) is 5.69 Å². The zero-order valence-corrected chi connectivity index (χ0v) is 18.0. The molecule has 2 N–H and O–H groups in total.